The Morgan fingerprint density at radius 1 is 1.67 bits per heavy atom. The fourth-order valence-electron chi connectivity index (χ4n) is 0.963. The second kappa shape index (κ2) is 4.02. The summed E-state index contributed by atoms with van der Waals surface area (Å²) in [5.74, 6) is -0.0663. The molecule has 0 aliphatic rings. The van der Waals surface area contributed by atoms with Crippen LogP contribution < -0.4 is 5.73 Å². The van der Waals surface area contributed by atoms with Gasteiger partial charge >= 0.3 is 5.97 Å². The number of hydrogen-bond donors (Lipinski definition) is 1. The molecule has 0 aromatic carbocycles. The number of aromatic nitrogens is 1. The molecule has 0 spiro atoms. The van der Waals surface area contributed by atoms with Crippen LogP contribution in [0.15, 0.2) is 10.7 Å². The number of carbonyl (C=O) groups is 1. The summed E-state index contributed by atoms with van der Waals surface area (Å²) in [6.07, 6.45) is 1.28. The molecule has 1 unspecified atom stereocenters. The van der Waals surface area contributed by atoms with Gasteiger partial charge in [0.2, 0.25) is 5.89 Å². The van der Waals surface area contributed by atoms with E-state index in [2.05, 4.69) is 9.72 Å². The molecule has 1 aromatic rings. The van der Waals surface area contributed by atoms with E-state index in [-0.39, 0.29) is 11.7 Å². The first kappa shape index (κ1) is 11.7. The highest BCUT2D eigenvalue weighted by Gasteiger charge is 2.31. The zero-order valence-electron chi connectivity index (χ0n) is 9.40. The molecular weight excluding hydrogens is 196 g/mol. The van der Waals surface area contributed by atoms with E-state index in [0.717, 1.165) is 0 Å². The molecule has 1 aromatic heterocycles. The van der Waals surface area contributed by atoms with Crippen LogP contribution in [0.1, 0.15) is 37.2 Å². The molecule has 1 heterocycles. The van der Waals surface area contributed by atoms with Crippen LogP contribution in [0.4, 0.5) is 0 Å². The Morgan fingerprint density at radius 2 is 2.27 bits per heavy atom. The van der Waals surface area contributed by atoms with Gasteiger partial charge in [0.1, 0.15) is 6.26 Å². The lowest BCUT2D eigenvalue weighted by atomic mass is 9.86. The second-order valence-corrected chi connectivity index (χ2v) is 4.04. The number of ether oxygens (including phenoxy) is 1. The molecule has 0 saturated carbocycles. The van der Waals surface area contributed by atoms with Crippen LogP contribution in [0.3, 0.4) is 0 Å². The van der Waals surface area contributed by atoms with E-state index in [1.807, 2.05) is 20.8 Å². The van der Waals surface area contributed by atoms with Crippen molar-refractivity contribution in [1.82, 2.24) is 4.98 Å². The van der Waals surface area contributed by atoms with Crippen molar-refractivity contribution in [2.24, 2.45) is 5.73 Å². The average Bonchev–Trinajstić information content (AvgIpc) is 2.65. The smallest absolute Gasteiger partial charge is 0.360 e. The summed E-state index contributed by atoms with van der Waals surface area (Å²) in [4.78, 5) is 15.2. The Kier molecular flexibility index (Phi) is 3.14. The molecular formula is C10H16N2O3. The fraction of sp³-hybridized carbons (Fsp3) is 0.600. The quantitative estimate of drug-likeness (QED) is 0.758. The zero-order chi connectivity index (χ0) is 11.6. The molecule has 0 aliphatic carbocycles. The Morgan fingerprint density at radius 3 is 2.73 bits per heavy atom. The number of rotatable bonds is 3. The van der Waals surface area contributed by atoms with E-state index in [0.29, 0.717) is 5.89 Å². The zero-order valence-corrected chi connectivity index (χ0v) is 9.40. The van der Waals surface area contributed by atoms with Crippen LogP contribution in [0.5, 0.6) is 0 Å². The summed E-state index contributed by atoms with van der Waals surface area (Å²) >= 11 is 0. The number of carbonyl (C=O) groups excluding carboxylic acids is 1. The van der Waals surface area contributed by atoms with Gasteiger partial charge in [0, 0.05) is 6.04 Å². The van der Waals surface area contributed by atoms with E-state index in [1.165, 1.54) is 13.4 Å². The van der Waals surface area contributed by atoms with E-state index in [9.17, 15) is 4.79 Å². The lowest BCUT2D eigenvalue weighted by Crippen LogP contribution is -2.38. The van der Waals surface area contributed by atoms with Crippen molar-refractivity contribution in [1.29, 1.82) is 0 Å². The molecule has 15 heavy (non-hydrogen) atoms. The van der Waals surface area contributed by atoms with Gasteiger partial charge in [0.15, 0.2) is 5.69 Å². The summed E-state index contributed by atoms with van der Waals surface area (Å²) in [7, 11) is 1.30. The Labute approximate surface area is 88.6 Å². The van der Waals surface area contributed by atoms with Crippen LogP contribution in [0.25, 0.3) is 0 Å². The molecule has 0 amide bonds. The van der Waals surface area contributed by atoms with E-state index < -0.39 is 11.4 Å². The summed E-state index contributed by atoms with van der Waals surface area (Å²) < 4.78 is 9.75. The van der Waals surface area contributed by atoms with Gasteiger partial charge < -0.3 is 14.9 Å². The largest absolute Gasteiger partial charge is 0.464 e. The van der Waals surface area contributed by atoms with Crippen LogP contribution in [0, 0.1) is 0 Å². The molecule has 5 nitrogen and oxygen atoms in total. The number of nitrogens with zero attached hydrogens (tertiary/aromatic N) is 1. The molecule has 2 N–H and O–H groups in total. The predicted octanol–water partition coefficient (Wildman–Crippen LogP) is 1.09. The van der Waals surface area contributed by atoms with E-state index in [1.54, 1.807) is 0 Å². The number of methoxy groups -OCH3 is 1. The highest BCUT2D eigenvalue weighted by molar-refractivity contribution is 5.86. The topological polar surface area (TPSA) is 78.3 Å². The number of nitrogens with two attached hydrogens (primary N) is 1. The third-order valence-corrected chi connectivity index (χ3v) is 2.59. The van der Waals surface area contributed by atoms with Crippen molar-refractivity contribution in [3.8, 4) is 0 Å². The van der Waals surface area contributed by atoms with Gasteiger partial charge in [-0.2, -0.15) is 0 Å². The van der Waals surface area contributed by atoms with Gasteiger partial charge in [0.05, 0.1) is 12.5 Å². The fourth-order valence-corrected chi connectivity index (χ4v) is 0.963. The maximum absolute atomic E-state index is 11.1. The van der Waals surface area contributed by atoms with Crippen molar-refractivity contribution in [2.45, 2.75) is 32.2 Å². The first-order valence-electron chi connectivity index (χ1n) is 4.69. The first-order valence-corrected chi connectivity index (χ1v) is 4.69. The lowest BCUT2D eigenvalue weighted by molar-refractivity contribution is 0.0594. The number of esters is 1. The Hall–Kier alpha value is -1.36. The normalized spacial score (nSPS) is 13.7. The summed E-state index contributed by atoms with van der Waals surface area (Å²) in [5, 5.41) is 0. The van der Waals surface area contributed by atoms with E-state index >= 15 is 0 Å². The molecule has 0 radical (unpaired) electrons. The Bertz CT molecular complexity index is 355. The SMILES string of the molecule is COC(=O)c1coc(C(C)(C)C(C)N)n1. The Balaban J connectivity index is 2.98. The summed E-state index contributed by atoms with van der Waals surface area (Å²) in [6, 6.07) is -0.123. The molecule has 0 aliphatic heterocycles. The average molecular weight is 212 g/mol. The highest BCUT2D eigenvalue weighted by atomic mass is 16.5. The minimum absolute atomic E-state index is 0.123. The highest BCUT2D eigenvalue weighted by Crippen LogP contribution is 2.25. The number of oxazole rings is 1. The number of hydrogen-bond acceptors (Lipinski definition) is 5. The van der Waals surface area contributed by atoms with Gasteiger partial charge in [0.25, 0.3) is 0 Å². The first-order chi connectivity index (χ1) is 6.89. The molecule has 0 saturated heterocycles. The van der Waals surface area contributed by atoms with Crippen molar-refractivity contribution >= 4 is 5.97 Å². The van der Waals surface area contributed by atoms with Crippen molar-refractivity contribution in [3.05, 3.63) is 17.8 Å². The minimum Gasteiger partial charge on any atom is -0.464 e. The maximum atomic E-state index is 11.1. The maximum Gasteiger partial charge on any atom is 0.360 e. The van der Waals surface area contributed by atoms with Crippen molar-refractivity contribution in [2.75, 3.05) is 7.11 Å². The lowest BCUT2D eigenvalue weighted by Gasteiger charge is -2.24. The van der Waals surface area contributed by atoms with E-state index in [4.69, 9.17) is 10.2 Å². The molecule has 84 valence electrons. The summed E-state index contributed by atoms with van der Waals surface area (Å²) in [6.45, 7) is 5.68. The predicted molar refractivity (Wildman–Crippen MR) is 54.5 cm³/mol. The minimum atomic E-state index is -0.509. The van der Waals surface area contributed by atoms with Gasteiger partial charge in [-0.1, -0.05) is 0 Å². The van der Waals surface area contributed by atoms with Crippen molar-refractivity contribution in [3.63, 3.8) is 0 Å². The van der Waals surface area contributed by atoms with Crippen LogP contribution in [-0.4, -0.2) is 24.1 Å². The van der Waals surface area contributed by atoms with Gasteiger partial charge in [-0.15, -0.1) is 0 Å². The van der Waals surface area contributed by atoms with Crippen LogP contribution in [-0.2, 0) is 10.2 Å². The van der Waals surface area contributed by atoms with Crippen LogP contribution in [0.2, 0.25) is 0 Å². The summed E-state index contributed by atoms with van der Waals surface area (Å²) in [5.41, 5.74) is 5.56. The van der Waals surface area contributed by atoms with Gasteiger partial charge in [-0.05, 0) is 20.8 Å². The van der Waals surface area contributed by atoms with Gasteiger partial charge in [-0.3, -0.25) is 0 Å². The van der Waals surface area contributed by atoms with Crippen LogP contribution >= 0.6 is 0 Å². The van der Waals surface area contributed by atoms with Crippen molar-refractivity contribution < 1.29 is 13.9 Å². The third-order valence-electron chi connectivity index (χ3n) is 2.59. The standard InChI is InChI=1S/C10H16N2O3/c1-6(11)10(2,3)9-12-7(5-15-9)8(13)14-4/h5-6H,11H2,1-4H3. The molecule has 5 heteroatoms. The molecule has 1 atom stereocenters. The van der Waals surface area contributed by atoms with Gasteiger partial charge in [-0.25, -0.2) is 9.78 Å². The molecule has 1 rings (SSSR count). The second-order valence-electron chi connectivity index (χ2n) is 4.04. The monoisotopic (exact) mass is 212 g/mol. The molecule has 0 fully saturated rings. The molecule has 0 bridgehead atoms. The third kappa shape index (κ3) is 2.18.